The Morgan fingerprint density at radius 2 is 1.56 bits per heavy atom. The number of benzene rings is 1. The molecule has 0 amide bonds. The lowest BCUT2D eigenvalue weighted by molar-refractivity contribution is 0.340. The molecule has 0 spiro atoms. The van der Waals surface area contributed by atoms with Gasteiger partial charge in [0.25, 0.3) is 0 Å². The molecule has 0 aliphatic rings. The van der Waals surface area contributed by atoms with Crippen molar-refractivity contribution < 1.29 is 4.74 Å². The molecule has 16 heavy (non-hydrogen) atoms. The van der Waals surface area contributed by atoms with Crippen LogP contribution in [0.15, 0.2) is 48.8 Å². The molecule has 2 heteroatoms. The second kappa shape index (κ2) is 6.72. The highest BCUT2D eigenvalue weighted by atomic mass is 16.5. The maximum absolute atomic E-state index is 5.37. The van der Waals surface area contributed by atoms with Gasteiger partial charge in [0.05, 0.1) is 6.61 Å². The summed E-state index contributed by atoms with van der Waals surface area (Å²) in [6.45, 7) is 6.70. The highest BCUT2D eigenvalue weighted by molar-refractivity contribution is 5.37. The number of hydrogen-bond acceptors (Lipinski definition) is 1. The maximum Gasteiger partial charge on any atom is 0.119 e. The summed E-state index contributed by atoms with van der Waals surface area (Å²) >= 11 is 0. The number of ether oxygens (including phenoxy) is 1. The first-order valence-corrected chi connectivity index (χ1v) is 5.76. The van der Waals surface area contributed by atoms with Crippen LogP contribution in [0.1, 0.15) is 20.8 Å². The van der Waals surface area contributed by atoms with Crippen molar-refractivity contribution in [3.05, 3.63) is 48.8 Å². The van der Waals surface area contributed by atoms with Gasteiger partial charge in [-0.25, -0.2) is 0 Å². The molecular formula is C14H19NO. The van der Waals surface area contributed by atoms with Crippen LogP contribution in [-0.2, 0) is 0 Å². The van der Waals surface area contributed by atoms with Gasteiger partial charge in [-0.05, 0) is 43.3 Å². The summed E-state index contributed by atoms with van der Waals surface area (Å²) in [6.07, 6.45) is 4.05. The Morgan fingerprint density at radius 3 is 2.06 bits per heavy atom. The van der Waals surface area contributed by atoms with Gasteiger partial charge in [0, 0.05) is 18.1 Å². The fourth-order valence-corrected chi connectivity index (χ4v) is 1.39. The van der Waals surface area contributed by atoms with Gasteiger partial charge in [0.2, 0.25) is 0 Å². The van der Waals surface area contributed by atoms with E-state index >= 15 is 0 Å². The van der Waals surface area contributed by atoms with Gasteiger partial charge in [-0.1, -0.05) is 13.8 Å². The van der Waals surface area contributed by atoms with Crippen LogP contribution in [0.3, 0.4) is 0 Å². The molecule has 0 aliphatic carbocycles. The van der Waals surface area contributed by atoms with Crippen LogP contribution in [0, 0.1) is 0 Å². The topological polar surface area (TPSA) is 14.2 Å². The smallest absolute Gasteiger partial charge is 0.119 e. The summed E-state index contributed by atoms with van der Waals surface area (Å²) in [5.41, 5.74) is 1.15. The molecule has 0 bridgehead atoms. The van der Waals surface area contributed by atoms with Gasteiger partial charge in [-0.3, -0.25) is 0 Å². The molecule has 1 aromatic carbocycles. The molecule has 0 saturated carbocycles. The van der Waals surface area contributed by atoms with E-state index in [4.69, 9.17) is 4.74 Å². The zero-order valence-corrected chi connectivity index (χ0v) is 10.2. The van der Waals surface area contributed by atoms with Gasteiger partial charge in [-0.2, -0.15) is 0 Å². The molecule has 2 rings (SSSR count). The van der Waals surface area contributed by atoms with Gasteiger partial charge in [-0.15, -0.1) is 0 Å². The van der Waals surface area contributed by atoms with Crippen molar-refractivity contribution in [3.63, 3.8) is 0 Å². The van der Waals surface area contributed by atoms with Crippen LogP contribution < -0.4 is 4.74 Å². The lowest BCUT2D eigenvalue weighted by Crippen LogP contribution is -1.92. The molecule has 0 atom stereocenters. The summed E-state index contributed by atoms with van der Waals surface area (Å²) in [5.74, 6) is 0.920. The van der Waals surface area contributed by atoms with Crippen molar-refractivity contribution in [1.29, 1.82) is 0 Å². The predicted molar refractivity (Wildman–Crippen MR) is 68.3 cm³/mol. The van der Waals surface area contributed by atoms with E-state index in [0.717, 1.165) is 11.4 Å². The van der Waals surface area contributed by atoms with E-state index in [2.05, 4.69) is 4.57 Å². The van der Waals surface area contributed by atoms with Crippen molar-refractivity contribution in [2.45, 2.75) is 20.8 Å². The second-order valence-electron chi connectivity index (χ2n) is 3.02. The Bertz CT molecular complexity index is 376. The average Bonchev–Trinajstić information content (AvgIpc) is 2.87. The Kier molecular flexibility index (Phi) is 5.20. The summed E-state index contributed by atoms with van der Waals surface area (Å²) in [4.78, 5) is 0. The fourth-order valence-electron chi connectivity index (χ4n) is 1.39. The molecule has 2 nitrogen and oxygen atoms in total. The van der Waals surface area contributed by atoms with Crippen LogP contribution in [0.25, 0.3) is 5.69 Å². The second-order valence-corrected chi connectivity index (χ2v) is 3.02. The van der Waals surface area contributed by atoms with Crippen LogP contribution in [-0.4, -0.2) is 11.2 Å². The Morgan fingerprint density at radius 1 is 1.00 bits per heavy atom. The summed E-state index contributed by atoms with van der Waals surface area (Å²) < 4.78 is 7.43. The predicted octanol–water partition coefficient (Wildman–Crippen LogP) is 3.90. The number of hydrogen-bond donors (Lipinski definition) is 0. The number of rotatable bonds is 3. The minimum absolute atomic E-state index is 0.711. The number of nitrogens with zero attached hydrogens (tertiary/aromatic N) is 1. The monoisotopic (exact) mass is 217 g/mol. The average molecular weight is 217 g/mol. The normalized spacial score (nSPS) is 9.19. The zero-order chi connectivity index (χ0) is 11.8. The molecule has 1 heterocycles. The van der Waals surface area contributed by atoms with Crippen molar-refractivity contribution in [1.82, 2.24) is 4.57 Å². The largest absolute Gasteiger partial charge is 0.494 e. The van der Waals surface area contributed by atoms with E-state index in [0.29, 0.717) is 6.61 Å². The Hall–Kier alpha value is -1.70. The highest BCUT2D eigenvalue weighted by Crippen LogP contribution is 2.15. The molecule has 0 radical (unpaired) electrons. The number of aromatic nitrogens is 1. The minimum Gasteiger partial charge on any atom is -0.494 e. The first-order valence-electron chi connectivity index (χ1n) is 5.76. The molecule has 86 valence electrons. The SMILES string of the molecule is CC.CCOc1ccc(-n2cccc2)cc1. The van der Waals surface area contributed by atoms with Crippen molar-refractivity contribution in [3.8, 4) is 11.4 Å². The maximum atomic E-state index is 5.37. The van der Waals surface area contributed by atoms with Gasteiger partial charge >= 0.3 is 0 Å². The van der Waals surface area contributed by atoms with Gasteiger partial charge in [0.15, 0.2) is 0 Å². The van der Waals surface area contributed by atoms with Gasteiger partial charge < -0.3 is 9.30 Å². The van der Waals surface area contributed by atoms with Crippen LogP contribution in [0.2, 0.25) is 0 Å². The summed E-state index contributed by atoms with van der Waals surface area (Å²) in [6, 6.07) is 12.1. The molecular weight excluding hydrogens is 198 g/mol. The third kappa shape index (κ3) is 3.16. The molecule has 2 aromatic rings. The lowest BCUT2D eigenvalue weighted by Gasteiger charge is -2.05. The standard InChI is InChI=1S/C12H13NO.C2H6/c1-2-14-12-7-5-11(6-8-12)13-9-3-4-10-13;1-2/h3-10H,2H2,1H3;1-2H3. The van der Waals surface area contributed by atoms with Crippen molar-refractivity contribution in [2.75, 3.05) is 6.61 Å². The molecule has 0 fully saturated rings. The third-order valence-electron chi connectivity index (χ3n) is 2.05. The van der Waals surface area contributed by atoms with Crippen LogP contribution in [0.5, 0.6) is 5.75 Å². The molecule has 0 saturated heterocycles. The third-order valence-corrected chi connectivity index (χ3v) is 2.05. The highest BCUT2D eigenvalue weighted by Gasteiger charge is 1.95. The van der Waals surface area contributed by atoms with E-state index in [1.807, 2.05) is 69.6 Å². The fraction of sp³-hybridized carbons (Fsp3) is 0.286. The van der Waals surface area contributed by atoms with E-state index in [1.165, 1.54) is 0 Å². The molecule has 0 unspecified atom stereocenters. The first kappa shape index (κ1) is 12.4. The van der Waals surface area contributed by atoms with E-state index in [1.54, 1.807) is 0 Å². The molecule has 1 aromatic heterocycles. The van der Waals surface area contributed by atoms with E-state index in [9.17, 15) is 0 Å². The van der Waals surface area contributed by atoms with Crippen LogP contribution in [0.4, 0.5) is 0 Å². The van der Waals surface area contributed by atoms with Crippen LogP contribution >= 0.6 is 0 Å². The quantitative estimate of drug-likeness (QED) is 0.760. The van der Waals surface area contributed by atoms with Gasteiger partial charge in [0.1, 0.15) is 5.75 Å². The summed E-state index contributed by atoms with van der Waals surface area (Å²) in [7, 11) is 0. The zero-order valence-electron chi connectivity index (χ0n) is 10.2. The molecule has 0 aliphatic heterocycles. The Balaban J connectivity index is 0.000000606. The van der Waals surface area contributed by atoms with E-state index < -0.39 is 0 Å². The molecule has 0 N–H and O–H groups in total. The van der Waals surface area contributed by atoms with Crippen molar-refractivity contribution in [2.24, 2.45) is 0 Å². The van der Waals surface area contributed by atoms with E-state index in [-0.39, 0.29) is 0 Å². The minimum atomic E-state index is 0.711. The van der Waals surface area contributed by atoms with Crippen molar-refractivity contribution >= 4 is 0 Å². The Labute approximate surface area is 97.5 Å². The summed E-state index contributed by atoms with van der Waals surface area (Å²) in [5, 5.41) is 0. The first-order chi connectivity index (χ1) is 7.90. The lowest BCUT2D eigenvalue weighted by atomic mass is 10.3.